The van der Waals surface area contributed by atoms with Crippen molar-refractivity contribution < 1.29 is 0 Å². The molecule has 1 aromatic rings. The van der Waals surface area contributed by atoms with Crippen molar-refractivity contribution in [1.82, 2.24) is 10.3 Å². The Morgan fingerprint density at radius 2 is 1.57 bits per heavy atom. The molecule has 3 heteroatoms. The third-order valence-electron chi connectivity index (χ3n) is 4.54. The summed E-state index contributed by atoms with van der Waals surface area (Å²) in [5, 5.41) is 7.24. The van der Waals surface area contributed by atoms with Gasteiger partial charge in [-0.25, -0.2) is 4.98 Å². The molecule has 0 spiro atoms. The predicted molar refractivity (Wildman–Crippen MR) is 93.1 cm³/mol. The van der Waals surface area contributed by atoms with Crippen LogP contribution in [0.3, 0.4) is 0 Å². The molecule has 1 aliphatic rings. The minimum absolute atomic E-state index is 0.741. The summed E-state index contributed by atoms with van der Waals surface area (Å²) in [6, 6.07) is 0.741. The van der Waals surface area contributed by atoms with E-state index in [-0.39, 0.29) is 0 Å². The summed E-state index contributed by atoms with van der Waals surface area (Å²) in [5.41, 5.74) is 1.17. The van der Waals surface area contributed by atoms with Gasteiger partial charge in [-0.2, -0.15) is 0 Å². The van der Waals surface area contributed by atoms with Crippen LogP contribution < -0.4 is 5.32 Å². The van der Waals surface area contributed by atoms with Gasteiger partial charge in [0.1, 0.15) is 0 Å². The molecule has 1 N–H and O–H groups in total. The zero-order valence-corrected chi connectivity index (χ0v) is 14.5. The van der Waals surface area contributed by atoms with E-state index in [1.54, 1.807) is 11.3 Å². The third-order valence-corrected chi connectivity index (χ3v) is 5.57. The van der Waals surface area contributed by atoms with Gasteiger partial charge in [0, 0.05) is 30.1 Å². The molecule has 1 fully saturated rings. The lowest BCUT2D eigenvalue weighted by Crippen LogP contribution is -2.31. The van der Waals surface area contributed by atoms with Gasteiger partial charge in [0.25, 0.3) is 0 Å². The molecule has 2 nitrogen and oxygen atoms in total. The minimum Gasteiger partial charge on any atom is -0.314 e. The van der Waals surface area contributed by atoms with Crippen LogP contribution >= 0.6 is 11.3 Å². The maximum Gasteiger partial charge on any atom is 0.0940 e. The molecular formula is C18H32N2S. The van der Waals surface area contributed by atoms with Crippen LogP contribution in [0.1, 0.15) is 81.3 Å². The highest BCUT2D eigenvalue weighted by atomic mass is 32.1. The van der Waals surface area contributed by atoms with E-state index < -0.39 is 0 Å². The summed E-state index contributed by atoms with van der Waals surface area (Å²) in [5.74, 6) is 0. The number of hydrogen-bond donors (Lipinski definition) is 1. The molecule has 1 aliphatic carbocycles. The van der Waals surface area contributed by atoms with Crippen LogP contribution in [0.15, 0.2) is 5.38 Å². The van der Waals surface area contributed by atoms with E-state index >= 15 is 0 Å². The first-order valence-corrected chi connectivity index (χ1v) is 9.87. The average Bonchev–Trinajstić information content (AvgIpc) is 2.87. The number of aryl methyl sites for hydroxylation is 1. The third kappa shape index (κ3) is 7.42. The van der Waals surface area contributed by atoms with Crippen LogP contribution in [0.5, 0.6) is 0 Å². The second-order valence-corrected chi connectivity index (χ2v) is 7.49. The first-order chi connectivity index (χ1) is 10.3. The van der Waals surface area contributed by atoms with Gasteiger partial charge < -0.3 is 5.32 Å². The highest BCUT2D eigenvalue weighted by Gasteiger charge is 2.09. The average molecular weight is 309 g/mol. The SMILES string of the molecule is Cc1csc(CCNC2CCCCCCCCCCC2)n1. The largest absolute Gasteiger partial charge is 0.314 e. The normalized spacial score (nSPS) is 19.9. The second kappa shape index (κ2) is 10.3. The van der Waals surface area contributed by atoms with Crippen molar-refractivity contribution in [2.45, 2.75) is 90.0 Å². The van der Waals surface area contributed by atoms with Crippen LogP contribution in [-0.2, 0) is 6.42 Å². The zero-order chi connectivity index (χ0) is 14.8. The molecule has 0 radical (unpaired) electrons. The fourth-order valence-corrected chi connectivity index (χ4v) is 4.04. The lowest BCUT2D eigenvalue weighted by molar-refractivity contribution is 0.406. The minimum atomic E-state index is 0.741. The van der Waals surface area contributed by atoms with E-state index in [4.69, 9.17) is 0 Å². The van der Waals surface area contributed by atoms with Crippen LogP contribution in [-0.4, -0.2) is 17.6 Å². The molecule has 0 bridgehead atoms. The van der Waals surface area contributed by atoms with Crippen molar-refractivity contribution in [3.63, 3.8) is 0 Å². The van der Waals surface area contributed by atoms with E-state index in [0.717, 1.165) is 19.0 Å². The Labute approximate surface area is 134 Å². The maximum absolute atomic E-state index is 4.56. The van der Waals surface area contributed by atoms with Gasteiger partial charge in [0.15, 0.2) is 0 Å². The molecule has 21 heavy (non-hydrogen) atoms. The van der Waals surface area contributed by atoms with E-state index in [9.17, 15) is 0 Å². The van der Waals surface area contributed by atoms with E-state index in [1.165, 1.54) is 81.3 Å². The van der Waals surface area contributed by atoms with Crippen molar-refractivity contribution in [2.24, 2.45) is 0 Å². The van der Waals surface area contributed by atoms with E-state index in [0.29, 0.717) is 0 Å². The Kier molecular flexibility index (Phi) is 8.35. The Bertz CT molecular complexity index is 363. The lowest BCUT2D eigenvalue weighted by Gasteiger charge is -2.19. The quantitative estimate of drug-likeness (QED) is 0.821. The maximum atomic E-state index is 4.56. The van der Waals surface area contributed by atoms with Crippen molar-refractivity contribution in [1.29, 1.82) is 0 Å². The molecule has 2 rings (SSSR count). The summed E-state index contributed by atoms with van der Waals surface area (Å²) in [7, 11) is 0. The lowest BCUT2D eigenvalue weighted by atomic mass is 9.98. The van der Waals surface area contributed by atoms with Crippen molar-refractivity contribution in [3.8, 4) is 0 Å². The molecule has 1 aromatic heterocycles. The fraction of sp³-hybridized carbons (Fsp3) is 0.833. The topological polar surface area (TPSA) is 24.9 Å². The van der Waals surface area contributed by atoms with Gasteiger partial charge in [-0.3, -0.25) is 0 Å². The molecule has 0 saturated heterocycles. The molecular weight excluding hydrogens is 276 g/mol. The molecule has 1 saturated carbocycles. The number of nitrogens with zero attached hydrogens (tertiary/aromatic N) is 1. The standard InChI is InChI=1S/C18H32N2S/c1-16-15-21-18(20-16)13-14-19-17-11-9-7-5-3-2-4-6-8-10-12-17/h15,17,19H,2-14H2,1H3. The molecule has 0 atom stereocenters. The van der Waals surface area contributed by atoms with E-state index in [1.807, 2.05) is 0 Å². The molecule has 1 heterocycles. The number of thiazole rings is 1. The summed E-state index contributed by atoms with van der Waals surface area (Å²) in [6.07, 6.45) is 16.8. The Balaban J connectivity index is 1.67. The number of hydrogen-bond acceptors (Lipinski definition) is 3. The summed E-state index contributed by atoms with van der Waals surface area (Å²) in [6.45, 7) is 3.18. The smallest absolute Gasteiger partial charge is 0.0940 e. The van der Waals surface area contributed by atoms with Gasteiger partial charge in [-0.05, 0) is 19.8 Å². The van der Waals surface area contributed by atoms with E-state index in [2.05, 4.69) is 22.6 Å². The van der Waals surface area contributed by atoms with Gasteiger partial charge in [-0.1, -0.05) is 57.8 Å². The summed E-state index contributed by atoms with van der Waals surface area (Å²) < 4.78 is 0. The Morgan fingerprint density at radius 1 is 1.00 bits per heavy atom. The molecule has 120 valence electrons. The van der Waals surface area contributed by atoms with Gasteiger partial charge in [0.2, 0.25) is 0 Å². The zero-order valence-electron chi connectivity index (χ0n) is 13.7. The Morgan fingerprint density at radius 3 is 2.10 bits per heavy atom. The van der Waals surface area contributed by atoms with Gasteiger partial charge in [0.05, 0.1) is 5.01 Å². The number of rotatable bonds is 4. The molecule has 0 unspecified atom stereocenters. The van der Waals surface area contributed by atoms with Crippen LogP contribution in [0.2, 0.25) is 0 Å². The van der Waals surface area contributed by atoms with Crippen molar-refractivity contribution in [3.05, 3.63) is 16.1 Å². The van der Waals surface area contributed by atoms with Gasteiger partial charge in [-0.15, -0.1) is 11.3 Å². The van der Waals surface area contributed by atoms with Crippen molar-refractivity contribution in [2.75, 3.05) is 6.54 Å². The summed E-state index contributed by atoms with van der Waals surface area (Å²) in [4.78, 5) is 4.56. The monoisotopic (exact) mass is 308 g/mol. The second-order valence-electron chi connectivity index (χ2n) is 6.54. The highest BCUT2D eigenvalue weighted by molar-refractivity contribution is 7.09. The molecule has 0 aliphatic heterocycles. The highest BCUT2D eigenvalue weighted by Crippen LogP contribution is 2.17. The Hall–Kier alpha value is -0.410. The van der Waals surface area contributed by atoms with Crippen LogP contribution in [0.4, 0.5) is 0 Å². The predicted octanol–water partition coefficient (Wildman–Crippen LogP) is 5.26. The van der Waals surface area contributed by atoms with Crippen LogP contribution in [0.25, 0.3) is 0 Å². The molecule has 0 amide bonds. The van der Waals surface area contributed by atoms with Crippen LogP contribution in [0, 0.1) is 6.92 Å². The number of aromatic nitrogens is 1. The summed E-state index contributed by atoms with van der Waals surface area (Å²) >= 11 is 1.80. The first-order valence-electron chi connectivity index (χ1n) is 8.99. The fourth-order valence-electron chi connectivity index (χ4n) is 3.27. The number of nitrogens with one attached hydrogen (secondary N) is 1. The van der Waals surface area contributed by atoms with Crippen molar-refractivity contribution >= 4 is 11.3 Å². The molecule has 0 aromatic carbocycles. The van der Waals surface area contributed by atoms with Gasteiger partial charge >= 0.3 is 0 Å². The first kappa shape index (κ1) is 17.0.